The van der Waals surface area contributed by atoms with Gasteiger partial charge in [0.15, 0.2) is 11.4 Å². The lowest BCUT2D eigenvalue weighted by Gasteiger charge is -2.14. The average molecular weight is 389 g/mol. The number of nitrogen functional groups attached to an aromatic ring is 1. The first-order valence-corrected chi connectivity index (χ1v) is 7.42. The molecule has 15 nitrogen and oxygen atoms in total. The van der Waals surface area contributed by atoms with Crippen LogP contribution in [0.15, 0.2) is 39.9 Å². The molecule has 1 atom stereocenters. The highest BCUT2D eigenvalue weighted by atomic mass is 16.6. The number of allylic oxidation sites excluding steroid dienone is 3. The number of methoxy groups -OCH3 is 1. The van der Waals surface area contributed by atoms with Crippen LogP contribution in [0.4, 0.5) is 5.82 Å². The van der Waals surface area contributed by atoms with Crippen LogP contribution in [-0.4, -0.2) is 54.9 Å². The number of hydrogen-bond donors (Lipinski definition) is 2. The molecule has 0 bridgehead atoms. The van der Waals surface area contributed by atoms with Gasteiger partial charge in [0.2, 0.25) is 11.6 Å². The third-order valence-electron chi connectivity index (χ3n) is 3.48. The van der Waals surface area contributed by atoms with Crippen molar-refractivity contribution in [2.45, 2.75) is 0 Å². The number of nitrogens with one attached hydrogen (secondary N) is 1. The molecule has 3 N–H and O–H groups in total. The van der Waals surface area contributed by atoms with E-state index in [2.05, 4.69) is 40.5 Å². The Hall–Kier alpha value is -4.43. The summed E-state index contributed by atoms with van der Waals surface area (Å²) >= 11 is 0. The molecule has 0 radical (unpaired) electrons. The number of ether oxygens (including phenoxy) is 1. The molecule has 0 aromatic carbocycles. The molecule has 0 saturated carbocycles. The molecule has 2 aromatic rings. The van der Waals surface area contributed by atoms with Crippen LogP contribution < -0.4 is 11.2 Å². The van der Waals surface area contributed by atoms with Crippen molar-refractivity contribution in [2.24, 2.45) is 11.0 Å². The third-order valence-corrected chi connectivity index (χ3v) is 3.48. The largest absolute Gasteiger partial charge is 0.468 e. The minimum absolute atomic E-state index is 0.0135. The predicted octanol–water partition coefficient (Wildman–Crippen LogP) is -1.16. The Morgan fingerprint density at radius 2 is 2.25 bits per heavy atom. The second-order valence-corrected chi connectivity index (χ2v) is 5.15. The van der Waals surface area contributed by atoms with Gasteiger partial charge in [0.05, 0.1) is 18.2 Å². The highest BCUT2D eigenvalue weighted by Gasteiger charge is 2.34. The third kappa shape index (κ3) is 3.43. The van der Waals surface area contributed by atoms with Gasteiger partial charge in [-0.2, -0.15) is 9.78 Å². The Labute approximate surface area is 154 Å². The van der Waals surface area contributed by atoms with E-state index in [0.717, 1.165) is 24.1 Å². The number of nitrogens with zero attached hydrogens (tertiary/aromatic N) is 7. The monoisotopic (exact) mass is 389 g/mol. The quantitative estimate of drug-likeness (QED) is 0.354. The van der Waals surface area contributed by atoms with Gasteiger partial charge in [-0.05, 0) is 10.3 Å². The lowest BCUT2D eigenvalue weighted by molar-refractivity contribution is -0.415. The van der Waals surface area contributed by atoms with E-state index in [1.54, 1.807) is 0 Å². The number of aromatic nitrogens is 5. The van der Waals surface area contributed by atoms with Crippen LogP contribution in [0.1, 0.15) is 10.5 Å². The number of esters is 1. The molecule has 144 valence electrons. The van der Waals surface area contributed by atoms with Gasteiger partial charge in [0.25, 0.3) is 11.6 Å². The number of hydrazone groups is 1. The molecule has 1 unspecified atom stereocenters. The van der Waals surface area contributed by atoms with Gasteiger partial charge >= 0.3 is 5.97 Å². The summed E-state index contributed by atoms with van der Waals surface area (Å²) in [5, 5.41) is 29.0. The van der Waals surface area contributed by atoms with E-state index in [4.69, 9.17) is 5.73 Å². The number of nitrogens with two attached hydrogens (primary N) is 1. The summed E-state index contributed by atoms with van der Waals surface area (Å²) in [4.78, 5) is 34.5. The summed E-state index contributed by atoms with van der Waals surface area (Å²) in [5.74, 6) is -2.86. The molecular formula is C13H11N9O6. The first kappa shape index (κ1) is 18.4. The molecule has 1 aliphatic carbocycles. The Kier molecular flexibility index (Phi) is 4.88. The van der Waals surface area contributed by atoms with Crippen LogP contribution >= 0.6 is 0 Å². The maximum absolute atomic E-state index is 12.2. The van der Waals surface area contributed by atoms with E-state index >= 15 is 0 Å². The maximum Gasteiger partial charge on any atom is 0.319 e. The summed E-state index contributed by atoms with van der Waals surface area (Å²) in [5.41, 5.74) is 6.63. The first-order chi connectivity index (χ1) is 13.4. The van der Waals surface area contributed by atoms with Gasteiger partial charge in [0, 0.05) is 6.08 Å². The fourth-order valence-corrected chi connectivity index (χ4v) is 2.18. The van der Waals surface area contributed by atoms with Crippen molar-refractivity contribution in [3.8, 4) is 5.82 Å². The van der Waals surface area contributed by atoms with Crippen LogP contribution in [0.25, 0.3) is 5.82 Å². The summed E-state index contributed by atoms with van der Waals surface area (Å²) < 4.78 is 10.1. The van der Waals surface area contributed by atoms with E-state index in [-0.39, 0.29) is 23.0 Å². The van der Waals surface area contributed by atoms with Crippen molar-refractivity contribution in [1.29, 1.82) is 0 Å². The molecule has 2 heterocycles. The molecule has 15 heteroatoms. The van der Waals surface area contributed by atoms with Gasteiger partial charge in [-0.1, -0.05) is 17.4 Å². The zero-order valence-corrected chi connectivity index (χ0v) is 14.0. The highest BCUT2D eigenvalue weighted by molar-refractivity contribution is 6.13. The van der Waals surface area contributed by atoms with Crippen molar-refractivity contribution < 1.29 is 23.9 Å². The van der Waals surface area contributed by atoms with Crippen LogP contribution in [-0.2, 0) is 9.53 Å². The minimum atomic E-state index is -1.16. The molecule has 0 fully saturated rings. The number of amides is 1. The van der Waals surface area contributed by atoms with Gasteiger partial charge in [-0.3, -0.25) is 19.7 Å². The van der Waals surface area contributed by atoms with Gasteiger partial charge in [-0.25, -0.2) is 10.1 Å². The molecule has 3 rings (SSSR count). The summed E-state index contributed by atoms with van der Waals surface area (Å²) in [6.45, 7) is 0. The molecule has 2 aromatic heterocycles. The van der Waals surface area contributed by atoms with Crippen molar-refractivity contribution in [3.63, 3.8) is 0 Å². The lowest BCUT2D eigenvalue weighted by atomic mass is 9.96. The van der Waals surface area contributed by atoms with Gasteiger partial charge in [-0.15, -0.1) is 5.10 Å². The van der Waals surface area contributed by atoms with Crippen LogP contribution in [0.2, 0.25) is 0 Å². The van der Waals surface area contributed by atoms with E-state index in [0.29, 0.717) is 0 Å². The standard InChI is InChI=1S/C13H11N9O6/c1-27-13(24)6-3-2-4-8(22(25)26)9(6)16-17-12(23)7-5-21(20-15-7)11-10(14)18-28-19-11/h2-6H,1H3,(H2,14,18)(H,17,23). The zero-order valence-electron chi connectivity index (χ0n) is 14.0. The minimum Gasteiger partial charge on any atom is -0.468 e. The molecule has 1 amide bonds. The normalized spacial score (nSPS) is 17.2. The number of hydrogen-bond acceptors (Lipinski definition) is 12. The van der Waals surface area contributed by atoms with E-state index in [1.807, 2.05) is 0 Å². The smallest absolute Gasteiger partial charge is 0.319 e. The van der Waals surface area contributed by atoms with Crippen molar-refractivity contribution in [1.82, 2.24) is 30.7 Å². The van der Waals surface area contributed by atoms with E-state index in [9.17, 15) is 19.7 Å². The Bertz CT molecular complexity index is 1030. The van der Waals surface area contributed by atoms with E-state index in [1.165, 1.54) is 12.2 Å². The maximum atomic E-state index is 12.2. The average Bonchev–Trinajstić information content (AvgIpc) is 3.33. The molecule has 0 spiro atoms. The topological polar surface area (TPSA) is 207 Å². The second-order valence-electron chi connectivity index (χ2n) is 5.15. The summed E-state index contributed by atoms with van der Waals surface area (Å²) in [7, 11) is 1.12. The lowest BCUT2D eigenvalue weighted by Crippen LogP contribution is -2.32. The molecule has 0 saturated heterocycles. The number of nitro groups is 1. The number of carbonyl (C=O) groups is 2. The summed E-state index contributed by atoms with van der Waals surface area (Å²) in [6.07, 6.45) is 4.97. The molecule has 28 heavy (non-hydrogen) atoms. The Morgan fingerprint density at radius 3 is 2.89 bits per heavy atom. The SMILES string of the molecule is COC(=O)C1C=CC=C([N+](=O)[O-])C1=NNC(=O)c1cn(-c2nonc2N)nn1. The fraction of sp³-hybridized carbons (Fsp3) is 0.154. The molecule has 0 aliphatic heterocycles. The van der Waals surface area contributed by atoms with Crippen molar-refractivity contribution in [2.75, 3.05) is 12.8 Å². The van der Waals surface area contributed by atoms with Crippen LogP contribution in [0.5, 0.6) is 0 Å². The Balaban J connectivity index is 1.83. The fourth-order valence-electron chi connectivity index (χ4n) is 2.18. The van der Waals surface area contributed by atoms with Crippen LogP contribution in [0.3, 0.4) is 0 Å². The number of carbonyl (C=O) groups excluding carboxylic acids is 2. The van der Waals surface area contributed by atoms with Crippen molar-refractivity contribution in [3.05, 3.63) is 45.9 Å². The zero-order chi connectivity index (χ0) is 20.3. The second kappa shape index (κ2) is 7.44. The van der Waals surface area contributed by atoms with Gasteiger partial charge < -0.3 is 10.5 Å². The molecule has 1 aliphatic rings. The number of rotatable bonds is 5. The highest BCUT2D eigenvalue weighted by Crippen LogP contribution is 2.18. The van der Waals surface area contributed by atoms with Gasteiger partial charge in [0.1, 0.15) is 5.92 Å². The number of anilines is 1. The van der Waals surface area contributed by atoms with E-state index < -0.39 is 28.4 Å². The Morgan fingerprint density at radius 1 is 1.46 bits per heavy atom. The predicted molar refractivity (Wildman–Crippen MR) is 88.3 cm³/mol. The summed E-state index contributed by atoms with van der Waals surface area (Å²) in [6, 6.07) is 0. The first-order valence-electron chi connectivity index (χ1n) is 7.42. The van der Waals surface area contributed by atoms with Crippen molar-refractivity contribution >= 4 is 23.4 Å². The van der Waals surface area contributed by atoms with Crippen LogP contribution in [0, 0.1) is 16.0 Å². The molecular weight excluding hydrogens is 378 g/mol.